The number of carbonyl (C=O) groups is 4. The van der Waals surface area contributed by atoms with Gasteiger partial charge in [0, 0.05) is 24.7 Å². The SMILES string of the molecule is O=C(COC(=O)COc1ccc(N2CCCC2=O)cc1)NC(=O)NC1CCCCC1. The lowest BCUT2D eigenvalue weighted by atomic mass is 9.96. The Kier molecular flexibility index (Phi) is 7.64. The van der Waals surface area contributed by atoms with Crippen LogP contribution in [0.1, 0.15) is 44.9 Å². The van der Waals surface area contributed by atoms with Gasteiger partial charge in [0.15, 0.2) is 13.2 Å². The molecular weight excluding hydrogens is 390 g/mol. The molecule has 3 rings (SSSR count). The van der Waals surface area contributed by atoms with Crippen LogP contribution in [0.2, 0.25) is 0 Å². The Hall–Kier alpha value is -3.10. The summed E-state index contributed by atoms with van der Waals surface area (Å²) in [4.78, 5) is 48.7. The van der Waals surface area contributed by atoms with Crippen LogP contribution in [0.5, 0.6) is 5.75 Å². The summed E-state index contributed by atoms with van der Waals surface area (Å²) >= 11 is 0. The molecule has 0 aromatic heterocycles. The van der Waals surface area contributed by atoms with Crippen molar-refractivity contribution in [1.29, 1.82) is 0 Å². The minimum atomic E-state index is -0.725. The molecule has 1 aliphatic carbocycles. The molecule has 0 bridgehead atoms. The average Bonchev–Trinajstić information content (AvgIpc) is 3.17. The second kappa shape index (κ2) is 10.6. The van der Waals surface area contributed by atoms with Crippen LogP contribution in [0.25, 0.3) is 0 Å². The van der Waals surface area contributed by atoms with Gasteiger partial charge < -0.3 is 19.7 Å². The van der Waals surface area contributed by atoms with Crippen molar-refractivity contribution >= 4 is 29.5 Å². The van der Waals surface area contributed by atoms with Crippen molar-refractivity contribution in [3.63, 3.8) is 0 Å². The number of benzene rings is 1. The molecule has 4 amide bonds. The van der Waals surface area contributed by atoms with Gasteiger partial charge in [0.1, 0.15) is 5.75 Å². The fourth-order valence-corrected chi connectivity index (χ4v) is 3.60. The van der Waals surface area contributed by atoms with E-state index in [1.807, 2.05) is 0 Å². The molecule has 1 heterocycles. The lowest BCUT2D eigenvalue weighted by Crippen LogP contribution is -2.46. The van der Waals surface area contributed by atoms with E-state index in [1.165, 1.54) is 6.42 Å². The number of rotatable bonds is 7. The highest BCUT2D eigenvalue weighted by molar-refractivity contribution is 5.96. The van der Waals surface area contributed by atoms with Gasteiger partial charge in [-0.05, 0) is 43.5 Å². The van der Waals surface area contributed by atoms with E-state index in [9.17, 15) is 19.2 Å². The predicted octanol–water partition coefficient (Wildman–Crippen LogP) is 1.89. The quantitative estimate of drug-likeness (QED) is 0.655. The van der Waals surface area contributed by atoms with Gasteiger partial charge in [0.05, 0.1) is 0 Å². The number of nitrogens with zero attached hydrogens (tertiary/aromatic N) is 1. The number of hydrogen-bond acceptors (Lipinski definition) is 6. The zero-order valence-electron chi connectivity index (χ0n) is 16.9. The summed E-state index contributed by atoms with van der Waals surface area (Å²) in [5.41, 5.74) is 0.788. The van der Waals surface area contributed by atoms with Crippen molar-refractivity contribution in [3.05, 3.63) is 24.3 Å². The Bertz CT molecular complexity index is 773. The molecule has 1 saturated heterocycles. The van der Waals surface area contributed by atoms with E-state index in [-0.39, 0.29) is 18.6 Å². The molecule has 2 N–H and O–H groups in total. The maximum atomic E-state index is 11.8. The molecule has 2 fully saturated rings. The van der Waals surface area contributed by atoms with Gasteiger partial charge in [0.25, 0.3) is 5.91 Å². The highest BCUT2D eigenvalue weighted by atomic mass is 16.6. The molecule has 1 aromatic carbocycles. The zero-order valence-corrected chi connectivity index (χ0v) is 16.9. The maximum absolute atomic E-state index is 11.8. The highest BCUT2D eigenvalue weighted by Crippen LogP contribution is 2.23. The van der Waals surface area contributed by atoms with E-state index in [2.05, 4.69) is 10.6 Å². The molecule has 162 valence electrons. The number of urea groups is 1. The monoisotopic (exact) mass is 417 g/mol. The molecule has 1 aromatic rings. The molecule has 9 nitrogen and oxygen atoms in total. The Balaban J connectivity index is 1.32. The summed E-state index contributed by atoms with van der Waals surface area (Å²) in [7, 11) is 0. The molecule has 0 spiro atoms. The second-order valence-electron chi connectivity index (χ2n) is 7.45. The Morgan fingerprint density at radius 2 is 1.73 bits per heavy atom. The first-order valence-electron chi connectivity index (χ1n) is 10.3. The zero-order chi connectivity index (χ0) is 21.3. The molecule has 1 aliphatic heterocycles. The van der Waals surface area contributed by atoms with Gasteiger partial charge in [-0.3, -0.25) is 14.9 Å². The summed E-state index contributed by atoms with van der Waals surface area (Å²) in [6, 6.07) is 6.34. The largest absolute Gasteiger partial charge is 0.482 e. The van der Waals surface area contributed by atoms with E-state index < -0.39 is 24.5 Å². The lowest BCUT2D eigenvalue weighted by Gasteiger charge is -2.22. The Morgan fingerprint density at radius 3 is 2.40 bits per heavy atom. The number of ether oxygens (including phenoxy) is 2. The number of carbonyl (C=O) groups excluding carboxylic acids is 4. The highest BCUT2D eigenvalue weighted by Gasteiger charge is 2.21. The first-order chi connectivity index (χ1) is 14.5. The van der Waals surface area contributed by atoms with Crippen molar-refractivity contribution in [2.45, 2.75) is 51.0 Å². The predicted molar refractivity (Wildman–Crippen MR) is 108 cm³/mol. The first-order valence-corrected chi connectivity index (χ1v) is 10.3. The van der Waals surface area contributed by atoms with Gasteiger partial charge in [-0.25, -0.2) is 9.59 Å². The average molecular weight is 417 g/mol. The lowest BCUT2D eigenvalue weighted by molar-refractivity contribution is -0.150. The van der Waals surface area contributed by atoms with E-state index in [0.717, 1.165) is 37.8 Å². The van der Waals surface area contributed by atoms with Gasteiger partial charge in [0.2, 0.25) is 5.91 Å². The van der Waals surface area contributed by atoms with Gasteiger partial charge >= 0.3 is 12.0 Å². The number of anilines is 1. The van der Waals surface area contributed by atoms with E-state index in [0.29, 0.717) is 18.7 Å². The smallest absolute Gasteiger partial charge is 0.344 e. The van der Waals surface area contributed by atoms with Crippen LogP contribution in [0.3, 0.4) is 0 Å². The molecule has 1 saturated carbocycles. The number of amides is 4. The fourth-order valence-electron chi connectivity index (χ4n) is 3.60. The normalized spacial score (nSPS) is 16.8. The number of imide groups is 1. The molecular formula is C21H27N3O6. The molecule has 30 heavy (non-hydrogen) atoms. The van der Waals surface area contributed by atoms with Crippen molar-refractivity contribution in [1.82, 2.24) is 10.6 Å². The molecule has 0 atom stereocenters. The van der Waals surface area contributed by atoms with Crippen LogP contribution < -0.4 is 20.3 Å². The minimum absolute atomic E-state index is 0.0810. The van der Waals surface area contributed by atoms with Crippen molar-refractivity contribution in [2.75, 3.05) is 24.7 Å². The number of nitrogens with one attached hydrogen (secondary N) is 2. The van der Waals surface area contributed by atoms with Crippen LogP contribution in [-0.4, -0.2) is 49.6 Å². The van der Waals surface area contributed by atoms with Crippen LogP contribution in [0.15, 0.2) is 24.3 Å². The molecule has 0 unspecified atom stereocenters. The fraction of sp³-hybridized carbons (Fsp3) is 0.524. The van der Waals surface area contributed by atoms with Crippen LogP contribution in [0, 0.1) is 0 Å². The molecule has 9 heteroatoms. The van der Waals surface area contributed by atoms with Gasteiger partial charge in [-0.2, -0.15) is 0 Å². The van der Waals surface area contributed by atoms with Crippen molar-refractivity contribution in [2.24, 2.45) is 0 Å². The minimum Gasteiger partial charge on any atom is -0.482 e. The Labute approximate surface area is 175 Å². The van der Waals surface area contributed by atoms with Crippen LogP contribution in [-0.2, 0) is 19.1 Å². The van der Waals surface area contributed by atoms with Gasteiger partial charge in [-0.15, -0.1) is 0 Å². The van der Waals surface area contributed by atoms with E-state index in [4.69, 9.17) is 9.47 Å². The summed E-state index contributed by atoms with van der Waals surface area (Å²) < 4.78 is 10.2. The summed E-state index contributed by atoms with van der Waals surface area (Å²) in [6.07, 6.45) is 6.51. The number of hydrogen-bond donors (Lipinski definition) is 2. The molecule has 2 aliphatic rings. The van der Waals surface area contributed by atoms with Crippen LogP contribution in [0.4, 0.5) is 10.5 Å². The summed E-state index contributed by atoms with van der Waals surface area (Å²) in [5, 5.41) is 4.90. The van der Waals surface area contributed by atoms with Crippen LogP contribution >= 0.6 is 0 Å². The van der Waals surface area contributed by atoms with E-state index in [1.54, 1.807) is 29.2 Å². The topological polar surface area (TPSA) is 114 Å². The molecule has 0 radical (unpaired) electrons. The first kappa shape index (κ1) is 21.6. The standard InChI is InChI=1S/C21H27N3O6/c25-18(23-21(28)22-15-5-2-1-3-6-15)13-30-20(27)14-29-17-10-8-16(9-11-17)24-12-4-7-19(24)26/h8-11,15H,1-7,12-14H2,(H2,22,23,25,28). The third-order valence-electron chi connectivity index (χ3n) is 5.14. The third-order valence-corrected chi connectivity index (χ3v) is 5.14. The Morgan fingerprint density at radius 1 is 1.00 bits per heavy atom. The summed E-state index contributed by atoms with van der Waals surface area (Å²) in [5.74, 6) is -0.885. The van der Waals surface area contributed by atoms with Gasteiger partial charge in [-0.1, -0.05) is 19.3 Å². The van der Waals surface area contributed by atoms with Crippen molar-refractivity contribution in [3.8, 4) is 5.75 Å². The maximum Gasteiger partial charge on any atom is 0.344 e. The second-order valence-corrected chi connectivity index (χ2v) is 7.45. The number of esters is 1. The summed E-state index contributed by atoms with van der Waals surface area (Å²) in [6.45, 7) is -0.230. The van der Waals surface area contributed by atoms with E-state index >= 15 is 0 Å². The van der Waals surface area contributed by atoms with Crippen molar-refractivity contribution < 1.29 is 28.7 Å². The third kappa shape index (κ3) is 6.47.